The Hall–Kier alpha value is -1.52. The van der Waals surface area contributed by atoms with Crippen molar-refractivity contribution >= 4 is 33.5 Å². The van der Waals surface area contributed by atoms with E-state index in [1.165, 1.54) is 0 Å². The third kappa shape index (κ3) is 4.22. The second-order valence-corrected chi connectivity index (χ2v) is 5.88. The first kappa shape index (κ1) is 15.9. The topological polar surface area (TPSA) is 35.5 Å². The van der Waals surface area contributed by atoms with E-state index < -0.39 is 5.97 Å². The number of hydrogen-bond donors (Lipinski definition) is 0. The van der Waals surface area contributed by atoms with Crippen LogP contribution in [0.1, 0.15) is 11.1 Å². The summed E-state index contributed by atoms with van der Waals surface area (Å²) in [7, 11) is 0. The fourth-order valence-electron chi connectivity index (χ4n) is 1.83. The molecule has 3 nitrogen and oxygen atoms in total. The van der Waals surface area contributed by atoms with Crippen LogP contribution >= 0.6 is 27.5 Å². The largest absolute Gasteiger partial charge is 0.480 e. The number of hydrogen-bond acceptors (Lipinski definition) is 3. The Morgan fingerprint density at radius 2 is 1.86 bits per heavy atom. The zero-order valence-corrected chi connectivity index (χ0v) is 14.0. The van der Waals surface area contributed by atoms with Crippen molar-refractivity contribution in [1.29, 1.82) is 0 Å². The number of carbonyl (C=O) groups is 1. The van der Waals surface area contributed by atoms with Crippen LogP contribution in [0.3, 0.4) is 0 Å². The maximum absolute atomic E-state index is 11.9. The number of ether oxygens (including phenoxy) is 2. The van der Waals surface area contributed by atoms with E-state index in [-0.39, 0.29) is 6.61 Å². The smallest absolute Gasteiger partial charge is 0.349 e. The molecule has 0 saturated carbocycles. The summed E-state index contributed by atoms with van der Waals surface area (Å²) in [6, 6.07) is 10.9. The van der Waals surface area contributed by atoms with Crippen molar-refractivity contribution in [2.24, 2.45) is 0 Å². The second-order valence-electron chi connectivity index (χ2n) is 4.56. The Morgan fingerprint density at radius 3 is 2.48 bits per heavy atom. The lowest BCUT2D eigenvalue weighted by Crippen LogP contribution is -2.18. The van der Waals surface area contributed by atoms with Gasteiger partial charge in [0, 0.05) is 4.47 Å². The van der Waals surface area contributed by atoms with Crippen molar-refractivity contribution in [2.45, 2.75) is 13.8 Å². The number of aryl methyl sites for hydroxylation is 2. The van der Waals surface area contributed by atoms with Crippen LogP contribution < -0.4 is 9.47 Å². The van der Waals surface area contributed by atoms with Crippen LogP contribution in [-0.4, -0.2) is 12.6 Å². The van der Waals surface area contributed by atoms with Crippen molar-refractivity contribution in [3.63, 3.8) is 0 Å². The second kappa shape index (κ2) is 6.96. The Morgan fingerprint density at radius 1 is 1.19 bits per heavy atom. The van der Waals surface area contributed by atoms with Gasteiger partial charge in [-0.2, -0.15) is 0 Å². The molecule has 21 heavy (non-hydrogen) atoms. The summed E-state index contributed by atoms with van der Waals surface area (Å²) in [6.45, 7) is 3.58. The molecule has 0 spiro atoms. The molecule has 0 heterocycles. The number of para-hydroxylation sites is 1. The van der Waals surface area contributed by atoms with Crippen molar-refractivity contribution in [3.8, 4) is 11.5 Å². The molecule has 5 heteroatoms. The summed E-state index contributed by atoms with van der Waals surface area (Å²) < 4.78 is 11.6. The first-order valence-corrected chi connectivity index (χ1v) is 7.49. The fraction of sp³-hybridized carbons (Fsp3) is 0.188. The van der Waals surface area contributed by atoms with E-state index in [4.69, 9.17) is 21.1 Å². The van der Waals surface area contributed by atoms with Crippen molar-refractivity contribution in [3.05, 3.63) is 57.0 Å². The number of esters is 1. The molecule has 2 aromatic rings. The lowest BCUT2D eigenvalue weighted by molar-refractivity contribution is -0.136. The molecule has 0 saturated heterocycles. The molecule has 0 aliphatic carbocycles. The average molecular weight is 370 g/mol. The molecule has 0 atom stereocenters. The van der Waals surface area contributed by atoms with Gasteiger partial charge in [-0.1, -0.05) is 45.7 Å². The van der Waals surface area contributed by atoms with Gasteiger partial charge in [0.25, 0.3) is 0 Å². The van der Waals surface area contributed by atoms with E-state index in [9.17, 15) is 4.79 Å². The van der Waals surface area contributed by atoms with Gasteiger partial charge in [-0.3, -0.25) is 0 Å². The van der Waals surface area contributed by atoms with Gasteiger partial charge in [-0.05, 0) is 43.2 Å². The fourth-order valence-corrected chi connectivity index (χ4v) is 2.56. The maximum atomic E-state index is 11.9. The van der Waals surface area contributed by atoms with Crippen molar-refractivity contribution in [2.75, 3.05) is 6.61 Å². The first-order chi connectivity index (χ1) is 9.97. The van der Waals surface area contributed by atoms with Crippen LogP contribution in [0, 0.1) is 13.8 Å². The zero-order chi connectivity index (χ0) is 15.4. The predicted molar refractivity (Wildman–Crippen MR) is 86.2 cm³/mol. The van der Waals surface area contributed by atoms with Gasteiger partial charge in [0.2, 0.25) is 0 Å². The van der Waals surface area contributed by atoms with Gasteiger partial charge in [0.1, 0.15) is 11.5 Å². The van der Waals surface area contributed by atoms with Crippen LogP contribution in [0.2, 0.25) is 5.02 Å². The monoisotopic (exact) mass is 368 g/mol. The molecule has 0 amide bonds. The normalized spacial score (nSPS) is 10.3. The highest BCUT2D eigenvalue weighted by Crippen LogP contribution is 2.28. The van der Waals surface area contributed by atoms with Crippen molar-refractivity contribution in [1.82, 2.24) is 0 Å². The molecule has 0 aliphatic rings. The SMILES string of the molecule is Cc1cccc(C)c1OC(=O)COc1ccc(Br)cc1Cl. The van der Waals surface area contributed by atoms with Gasteiger partial charge in [-0.25, -0.2) is 4.79 Å². The molecule has 2 aromatic carbocycles. The molecule has 110 valence electrons. The lowest BCUT2D eigenvalue weighted by atomic mass is 10.1. The Bertz CT molecular complexity index is 650. The molecule has 0 unspecified atom stereocenters. The summed E-state index contributed by atoms with van der Waals surface area (Å²) in [4.78, 5) is 11.9. The van der Waals surface area contributed by atoms with E-state index in [2.05, 4.69) is 15.9 Å². The zero-order valence-electron chi connectivity index (χ0n) is 11.7. The lowest BCUT2D eigenvalue weighted by Gasteiger charge is -2.11. The Labute approximate surface area is 137 Å². The first-order valence-electron chi connectivity index (χ1n) is 6.32. The summed E-state index contributed by atoms with van der Waals surface area (Å²) in [5.41, 5.74) is 1.81. The van der Waals surface area contributed by atoms with Gasteiger partial charge < -0.3 is 9.47 Å². The number of benzene rings is 2. The van der Waals surface area contributed by atoms with E-state index >= 15 is 0 Å². The summed E-state index contributed by atoms with van der Waals surface area (Å²) in [5, 5.41) is 0.434. The minimum atomic E-state index is -0.466. The summed E-state index contributed by atoms with van der Waals surface area (Å²) >= 11 is 9.32. The third-order valence-electron chi connectivity index (χ3n) is 2.86. The number of carbonyl (C=O) groups excluding carboxylic acids is 1. The van der Waals surface area contributed by atoms with Crippen LogP contribution in [-0.2, 0) is 4.79 Å². The van der Waals surface area contributed by atoms with Crippen LogP contribution in [0.15, 0.2) is 40.9 Å². The summed E-state index contributed by atoms with van der Waals surface area (Å²) in [6.07, 6.45) is 0. The predicted octanol–water partition coefficient (Wildman–Crippen LogP) is 4.70. The molecule has 2 rings (SSSR count). The van der Waals surface area contributed by atoms with Gasteiger partial charge >= 0.3 is 5.97 Å². The van der Waals surface area contributed by atoms with Gasteiger partial charge in [0.05, 0.1) is 5.02 Å². The van der Waals surface area contributed by atoms with E-state index in [1.807, 2.05) is 32.0 Å². The molecule has 0 N–H and O–H groups in total. The standard InChI is InChI=1S/C16H14BrClO3/c1-10-4-3-5-11(2)16(10)21-15(19)9-20-14-7-6-12(17)8-13(14)18/h3-8H,9H2,1-2H3. The minimum absolute atomic E-state index is 0.199. The van der Waals surface area contributed by atoms with E-state index in [1.54, 1.807) is 18.2 Å². The quantitative estimate of drug-likeness (QED) is 0.578. The number of rotatable bonds is 4. The molecular formula is C16H14BrClO3. The highest BCUT2D eigenvalue weighted by molar-refractivity contribution is 9.10. The molecule has 0 radical (unpaired) electrons. The highest BCUT2D eigenvalue weighted by Gasteiger charge is 2.11. The molecule has 0 bridgehead atoms. The average Bonchev–Trinajstić information content (AvgIpc) is 2.42. The number of halogens is 2. The maximum Gasteiger partial charge on any atom is 0.349 e. The molecule has 0 aromatic heterocycles. The van der Waals surface area contributed by atoms with Gasteiger partial charge in [0.15, 0.2) is 6.61 Å². The minimum Gasteiger partial charge on any atom is -0.480 e. The highest BCUT2D eigenvalue weighted by atomic mass is 79.9. The Kier molecular flexibility index (Phi) is 5.26. The Balaban J connectivity index is 1.99. The summed E-state index contributed by atoms with van der Waals surface area (Å²) in [5.74, 6) is 0.553. The van der Waals surface area contributed by atoms with Crippen LogP contribution in [0.5, 0.6) is 11.5 Å². The molecule has 0 fully saturated rings. The molecular weight excluding hydrogens is 356 g/mol. The van der Waals surface area contributed by atoms with E-state index in [0.717, 1.165) is 15.6 Å². The van der Waals surface area contributed by atoms with E-state index in [0.29, 0.717) is 16.5 Å². The van der Waals surface area contributed by atoms with Gasteiger partial charge in [-0.15, -0.1) is 0 Å². The van der Waals surface area contributed by atoms with Crippen LogP contribution in [0.25, 0.3) is 0 Å². The van der Waals surface area contributed by atoms with Crippen molar-refractivity contribution < 1.29 is 14.3 Å². The van der Waals surface area contributed by atoms with Crippen LogP contribution in [0.4, 0.5) is 0 Å². The third-order valence-corrected chi connectivity index (χ3v) is 3.65. The molecule has 0 aliphatic heterocycles.